The number of anilines is 1. The zero-order valence-electron chi connectivity index (χ0n) is 18.3. The Morgan fingerprint density at radius 2 is 2.00 bits per heavy atom. The fourth-order valence-electron chi connectivity index (χ4n) is 4.85. The molecule has 1 aromatic carbocycles. The van der Waals surface area contributed by atoms with E-state index >= 15 is 4.39 Å². The van der Waals surface area contributed by atoms with Gasteiger partial charge in [0, 0.05) is 25.8 Å². The van der Waals surface area contributed by atoms with Gasteiger partial charge < -0.3 is 29.5 Å². The van der Waals surface area contributed by atoms with E-state index in [1.807, 2.05) is 11.8 Å². The Labute approximate surface area is 184 Å². The summed E-state index contributed by atoms with van der Waals surface area (Å²) in [4.78, 5) is 26.2. The number of aryl methyl sites for hydroxylation is 1. The summed E-state index contributed by atoms with van der Waals surface area (Å²) in [5.74, 6) is -1.88. The molecule has 4 rings (SSSR count). The third-order valence-electron chi connectivity index (χ3n) is 6.76. The van der Waals surface area contributed by atoms with E-state index in [-0.39, 0.29) is 22.7 Å². The number of aliphatic hydroxyl groups excluding tert-OH is 1. The Bertz CT molecular complexity index is 1100. The van der Waals surface area contributed by atoms with Gasteiger partial charge in [-0.1, -0.05) is 6.92 Å². The van der Waals surface area contributed by atoms with E-state index in [2.05, 4.69) is 0 Å². The number of carboxylic acids is 1. The molecule has 9 heteroatoms. The quantitative estimate of drug-likeness (QED) is 0.596. The lowest BCUT2D eigenvalue weighted by molar-refractivity contribution is -0.0408. The maximum Gasteiger partial charge on any atom is 0.341 e. The zero-order valence-corrected chi connectivity index (χ0v) is 18.3. The summed E-state index contributed by atoms with van der Waals surface area (Å²) in [5.41, 5.74) is -1.53. The minimum atomic E-state index is -1.36. The van der Waals surface area contributed by atoms with Crippen LogP contribution in [0.1, 0.15) is 49.4 Å². The number of pyridine rings is 1. The molecule has 2 heterocycles. The molecule has 1 atom stereocenters. The Morgan fingerprint density at radius 1 is 1.34 bits per heavy atom. The third kappa shape index (κ3) is 3.73. The first-order valence-corrected chi connectivity index (χ1v) is 11.0. The highest BCUT2D eigenvalue weighted by atomic mass is 19.1. The second-order valence-electron chi connectivity index (χ2n) is 8.88. The Morgan fingerprint density at radius 3 is 2.53 bits per heavy atom. The molecule has 0 bridgehead atoms. The van der Waals surface area contributed by atoms with E-state index in [1.165, 1.54) is 13.3 Å². The number of halogens is 1. The number of fused-ring (bicyclic) bond motifs is 1. The van der Waals surface area contributed by atoms with Gasteiger partial charge in [0.05, 0.1) is 29.7 Å². The van der Waals surface area contributed by atoms with Gasteiger partial charge in [-0.15, -0.1) is 0 Å². The number of aromatic carboxylic acids is 1. The molecule has 3 N–H and O–H groups in total. The van der Waals surface area contributed by atoms with E-state index in [9.17, 15) is 24.9 Å². The lowest BCUT2D eigenvalue weighted by Crippen LogP contribution is -2.43. The molecule has 174 valence electrons. The minimum absolute atomic E-state index is 0.0299. The molecule has 0 amide bonds. The molecule has 1 aromatic heterocycles. The fraction of sp³-hybridized carbons (Fsp3) is 0.565. The second kappa shape index (κ2) is 8.37. The number of hydrogen-bond donors (Lipinski definition) is 3. The molecule has 0 radical (unpaired) electrons. The van der Waals surface area contributed by atoms with E-state index in [1.54, 1.807) is 4.57 Å². The number of aromatic nitrogens is 1. The van der Waals surface area contributed by atoms with Crippen molar-refractivity contribution >= 4 is 22.6 Å². The van der Waals surface area contributed by atoms with Crippen molar-refractivity contribution in [1.82, 2.24) is 4.57 Å². The van der Waals surface area contributed by atoms with Crippen molar-refractivity contribution in [2.24, 2.45) is 5.92 Å². The van der Waals surface area contributed by atoms with Crippen molar-refractivity contribution in [1.29, 1.82) is 0 Å². The Balaban J connectivity index is 1.76. The lowest BCUT2D eigenvalue weighted by atomic mass is 9.87. The predicted octanol–water partition coefficient (Wildman–Crippen LogP) is 2.36. The number of aliphatic hydroxyl groups is 2. The molecule has 2 aliphatic rings. The van der Waals surface area contributed by atoms with Crippen LogP contribution in [0.15, 0.2) is 17.1 Å². The number of carbonyl (C=O) groups is 1. The van der Waals surface area contributed by atoms with Gasteiger partial charge in [0.25, 0.3) is 0 Å². The first-order valence-electron chi connectivity index (χ1n) is 11.0. The fourth-order valence-corrected chi connectivity index (χ4v) is 4.85. The molecule has 2 aromatic rings. The van der Waals surface area contributed by atoms with Crippen molar-refractivity contribution < 1.29 is 29.2 Å². The summed E-state index contributed by atoms with van der Waals surface area (Å²) in [6.07, 6.45) is 3.58. The molecular weight excluding hydrogens is 419 g/mol. The van der Waals surface area contributed by atoms with Gasteiger partial charge in [-0.2, -0.15) is 0 Å². The highest BCUT2D eigenvalue weighted by molar-refractivity contribution is 5.97. The van der Waals surface area contributed by atoms with Gasteiger partial charge in [-0.05, 0) is 44.1 Å². The molecule has 1 aliphatic carbocycles. The molecule has 1 saturated carbocycles. The van der Waals surface area contributed by atoms with Crippen LogP contribution in [0.5, 0.6) is 5.75 Å². The molecule has 1 aliphatic heterocycles. The number of methoxy groups -OCH3 is 1. The number of carboxylic acid groups (broad SMARTS) is 1. The number of piperidine rings is 1. The topological polar surface area (TPSA) is 112 Å². The molecule has 8 nitrogen and oxygen atoms in total. The highest BCUT2D eigenvalue weighted by Gasteiger charge is 2.50. The van der Waals surface area contributed by atoms with Crippen LogP contribution in [-0.2, 0) is 6.54 Å². The van der Waals surface area contributed by atoms with Crippen LogP contribution in [0.4, 0.5) is 10.1 Å². The molecule has 32 heavy (non-hydrogen) atoms. The maximum absolute atomic E-state index is 15.3. The SMILES string of the molecule is CCCn1cc(C(=O)O)c(=O)c2cc(F)c(N3CCC(C(O)C4(O)CC4)CC3)c(OC)c21. The summed E-state index contributed by atoms with van der Waals surface area (Å²) in [7, 11) is 1.41. The molecule has 1 saturated heterocycles. The second-order valence-corrected chi connectivity index (χ2v) is 8.88. The van der Waals surface area contributed by atoms with E-state index in [4.69, 9.17) is 4.74 Å². The summed E-state index contributed by atoms with van der Waals surface area (Å²) in [5, 5.41) is 30.1. The maximum atomic E-state index is 15.3. The number of hydrogen-bond acceptors (Lipinski definition) is 6. The van der Waals surface area contributed by atoms with Crippen LogP contribution in [0, 0.1) is 11.7 Å². The Hall–Kier alpha value is -2.65. The van der Waals surface area contributed by atoms with Gasteiger partial charge >= 0.3 is 5.97 Å². The van der Waals surface area contributed by atoms with Crippen molar-refractivity contribution in [3.63, 3.8) is 0 Å². The van der Waals surface area contributed by atoms with Gasteiger partial charge in [0.2, 0.25) is 5.43 Å². The first kappa shape index (κ1) is 22.5. The average molecular weight is 448 g/mol. The summed E-state index contributed by atoms with van der Waals surface area (Å²) >= 11 is 0. The number of ether oxygens (including phenoxy) is 1. The normalized spacial score (nSPS) is 19.2. The van der Waals surface area contributed by atoms with E-state index < -0.39 is 34.5 Å². The van der Waals surface area contributed by atoms with Crippen LogP contribution in [0.2, 0.25) is 0 Å². The number of benzene rings is 1. The molecular formula is C23H29FN2O6. The zero-order chi connectivity index (χ0) is 23.2. The lowest BCUT2D eigenvalue weighted by Gasteiger charge is -2.37. The first-order chi connectivity index (χ1) is 15.2. The van der Waals surface area contributed by atoms with Gasteiger partial charge in [0.1, 0.15) is 11.3 Å². The highest BCUT2D eigenvalue weighted by Crippen LogP contribution is 2.45. The monoisotopic (exact) mass is 448 g/mol. The van der Waals surface area contributed by atoms with Crippen LogP contribution >= 0.6 is 0 Å². The van der Waals surface area contributed by atoms with Gasteiger partial charge in [-0.3, -0.25) is 4.79 Å². The third-order valence-corrected chi connectivity index (χ3v) is 6.76. The predicted molar refractivity (Wildman–Crippen MR) is 117 cm³/mol. The number of nitrogens with zero attached hydrogens (tertiary/aromatic N) is 2. The van der Waals surface area contributed by atoms with Crippen molar-refractivity contribution in [2.45, 2.75) is 57.3 Å². The minimum Gasteiger partial charge on any atom is -0.492 e. The van der Waals surface area contributed by atoms with Crippen LogP contribution in [-0.4, -0.2) is 57.8 Å². The van der Waals surface area contributed by atoms with Crippen LogP contribution in [0.3, 0.4) is 0 Å². The van der Waals surface area contributed by atoms with Crippen molar-refractivity contribution in [3.8, 4) is 5.75 Å². The Kier molecular flexibility index (Phi) is 5.89. The molecule has 2 fully saturated rings. The molecule has 0 spiro atoms. The molecule has 1 unspecified atom stereocenters. The van der Waals surface area contributed by atoms with Crippen molar-refractivity contribution in [3.05, 3.63) is 33.9 Å². The number of rotatable bonds is 7. The smallest absolute Gasteiger partial charge is 0.341 e. The van der Waals surface area contributed by atoms with Crippen LogP contribution < -0.4 is 15.1 Å². The largest absolute Gasteiger partial charge is 0.492 e. The van der Waals surface area contributed by atoms with Crippen molar-refractivity contribution in [2.75, 3.05) is 25.1 Å². The summed E-state index contributed by atoms with van der Waals surface area (Å²) in [6, 6.07) is 1.10. The average Bonchev–Trinajstić information content (AvgIpc) is 3.53. The summed E-state index contributed by atoms with van der Waals surface area (Å²) < 4.78 is 22.6. The van der Waals surface area contributed by atoms with E-state index in [0.717, 1.165) is 6.07 Å². The summed E-state index contributed by atoms with van der Waals surface area (Å²) in [6.45, 7) is 3.28. The van der Waals surface area contributed by atoms with Crippen LogP contribution in [0.25, 0.3) is 10.9 Å². The standard InChI is InChI=1S/C23H29FN2O6/c1-3-8-26-12-15(22(29)30)19(27)14-11-16(24)18(20(32-2)17(14)26)25-9-4-13(5-10-25)21(28)23(31)6-7-23/h11-13,21,28,31H,3-10H2,1-2H3,(H,29,30). The van der Waals surface area contributed by atoms with Gasteiger partial charge in [0.15, 0.2) is 11.6 Å². The van der Waals surface area contributed by atoms with Gasteiger partial charge in [-0.25, -0.2) is 9.18 Å². The van der Waals surface area contributed by atoms with E-state index in [0.29, 0.717) is 57.3 Å².